The quantitative estimate of drug-likeness (QED) is 0.207. The third-order valence-electron chi connectivity index (χ3n) is 4.07. The van der Waals surface area contributed by atoms with Crippen LogP contribution in [0.3, 0.4) is 0 Å². The van der Waals surface area contributed by atoms with Gasteiger partial charge in [0.25, 0.3) is 0 Å². The minimum absolute atomic E-state index is 0.0493. The molecule has 0 fully saturated rings. The lowest BCUT2D eigenvalue weighted by Crippen LogP contribution is -2.12. The first kappa shape index (κ1) is 20.5. The number of benzene rings is 3. The van der Waals surface area contributed by atoms with Crippen molar-refractivity contribution in [3.63, 3.8) is 0 Å². The van der Waals surface area contributed by atoms with Gasteiger partial charge in [0, 0.05) is 16.1 Å². The molecule has 0 spiro atoms. The van der Waals surface area contributed by atoms with Gasteiger partial charge in [0.2, 0.25) is 0 Å². The lowest BCUT2D eigenvalue weighted by atomic mass is 10.1. The molecule has 0 saturated heterocycles. The lowest BCUT2D eigenvalue weighted by Gasteiger charge is -2.11. The van der Waals surface area contributed by atoms with Crippen LogP contribution >= 0.6 is 15.9 Å². The first-order valence-electron chi connectivity index (χ1n) is 8.61. The Bertz CT molecular complexity index is 1090. The number of ether oxygens (including phenoxy) is 2. The highest BCUT2D eigenvalue weighted by Gasteiger charge is 2.18. The van der Waals surface area contributed by atoms with Crippen LogP contribution in [0.5, 0.6) is 11.5 Å². The highest BCUT2D eigenvalue weighted by molar-refractivity contribution is 9.10. The Morgan fingerprint density at radius 3 is 2.41 bits per heavy atom. The summed E-state index contributed by atoms with van der Waals surface area (Å²) in [6, 6.07) is 17.4. The van der Waals surface area contributed by atoms with Crippen molar-refractivity contribution in [3.05, 3.63) is 99.8 Å². The molecular formula is C23H16BrFO4. The second kappa shape index (κ2) is 9.30. The predicted octanol–water partition coefficient (Wildman–Crippen LogP) is 5.71. The van der Waals surface area contributed by atoms with Gasteiger partial charge in [-0.1, -0.05) is 30.3 Å². The van der Waals surface area contributed by atoms with Crippen LogP contribution in [0.1, 0.15) is 26.3 Å². The number of rotatable bonds is 6. The van der Waals surface area contributed by atoms with Gasteiger partial charge in [-0.3, -0.25) is 4.79 Å². The van der Waals surface area contributed by atoms with Gasteiger partial charge in [0.1, 0.15) is 17.3 Å². The molecule has 3 aromatic carbocycles. The highest BCUT2D eigenvalue weighted by Crippen LogP contribution is 2.28. The molecule has 0 aliphatic heterocycles. The van der Waals surface area contributed by atoms with Crippen LogP contribution in [0, 0.1) is 5.82 Å². The zero-order valence-corrected chi connectivity index (χ0v) is 17.0. The van der Waals surface area contributed by atoms with Gasteiger partial charge >= 0.3 is 5.97 Å². The number of carbonyl (C=O) groups excluding carboxylic acids is 2. The molecule has 0 atom stereocenters. The van der Waals surface area contributed by atoms with Crippen LogP contribution < -0.4 is 9.47 Å². The Kier molecular flexibility index (Phi) is 6.57. The van der Waals surface area contributed by atoms with E-state index in [0.29, 0.717) is 15.8 Å². The van der Waals surface area contributed by atoms with Crippen LogP contribution in [0.25, 0.3) is 6.08 Å². The van der Waals surface area contributed by atoms with Gasteiger partial charge in [-0.05, 0) is 58.4 Å². The highest BCUT2D eigenvalue weighted by atomic mass is 79.9. The van der Waals surface area contributed by atoms with Crippen LogP contribution in [0.15, 0.2) is 77.3 Å². The predicted molar refractivity (Wildman–Crippen MR) is 112 cm³/mol. The first-order valence-corrected chi connectivity index (χ1v) is 9.40. The van der Waals surface area contributed by atoms with Crippen molar-refractivity contribution in [1.29, 1.82) is 0 Å². The molecule has 3 rings (SSSR count). The average Bonchev–Trinajstić information content (AvgIpc) is 2.73. The number of hydrogen-bond acceptors (Lipinski definition) is 4. The maximum Gasteiger partial charge on any atom is 0.344 e. The Morgan fingerprint density at radius 1 is 0.966 bits per heavy atom. The first-order chi connectivity index (χ1) is 14.0. The molecule has 0 aliphatic carbocycles. The molecule has 146 valence electrons. The Morgan fingerprint density at radius 2 is 1.69 bits per heavy atom. The normalized spacial score (nSPS) is 10.7. The molecule has 0 aromatic heterocycles. The van der Waals surface area contributed by atoms with Gasteiger partial charge in [-0.25, -0.2) is 9.18 Å². The molecular weight excluding hydrogens is 439 g/mol. The third-order valence-corrected chi connectivity index (χ3v) is 4.76. The minimum atomic E-state index is -0.627. The lowest BCUT2D eigenvalue weighted by molar-refractivity contribution is 0.0732. The molecule has 6 heteroatoms. The Balaban J connectivity index is 1.91. The van der Waals surface area contributed by atoms with Gasteiger partial charge in [0.05, 0.1) is 18.2 Å². The van der Waals surface area contributed by atoms with Crippen LogP contribution in [-0.2, 0) is 0 Å². The van der Waals surface area contributed by atoms with E-state index in [2.05, 4.69) is 15.9 Å². The Hall–Kier alpha value is -3.25. The molecule has 0 N–H and O–H groups in total. The maximum atomic E-state index is 13.8. The van der Waals surface area contributed by atoms with E-state index in [-0.39, 0.29) is 16.9 Å². The summed E-state index contributed by atoms with van der Waals surface area (Å²) >= 11 is 3.30. The molecule has 0 saturated carbocycles. The van der Waals surface area contributed by atoms with Gasteiger partial charge in [-0.15, -0.1) is 0 Å². The van der Waals surface area contributed by atoms with Crippen LogP contribution in [0.4, 0.5) is 4.39 Å². The molecule has 0 aliphatic rings. The van der Waals surface area contributed by atoms with Gasteiger partial charge in [0.15, 0.2) is 5.78 Å². The van der Waals surface area contributed by atoms with Crippen LogP contribution in [0.2, 0.25) is 0 Å². The van der Waals surface area contributed by atoms with E-state index in [4.69, 9.17) is 9.47 Å². The van der Waals surface area contributed by atoms with Gasteiger partial charge < -0.3 is 9.47 Å². The fourth-order valence-corrected chi connectivity index (χ4v) is 3.01. The van der Waals surface area contributed by atoms with Crippen molar-refractivity contribution in [2.24, 2.45) is 0 Å². The monoisotopic (exact) mass is 454 g/mol. The summed E-state index contributed by atoms with van der Waals surface area (Å²) in [4.78, 5) is 25.2. The van der Waals surface area contributed by atoms with Crippen molar-refractivity contribution in [3.8, 4) is 11.5 Å². The van der Waals surface area contributed by atoms with Gasteiger partial charge in [-0.2, -0.15) is 0 Å². The summed E-state index contributed by atoms with van der Waals surface area (Å²) in [5, 5.41) is 0. The fraction of sp³-hybridized carbons (Fsp3) is 0.0435. The zero-order valence-electron chi connectivity index (χ0n) is 15.4. The summed E-state index contributed by atoms with van der Waals surface area (Å²) in [6.07, 6.45) is 2.61. The summed E-state index contributed by atoms with van der Waals surface area (Å²) in [7, 11) is 1.47. The number of halogens is 2. The van der Waals surface area contributed by atoms with E-state index in [1.54, 1.807) is 48.5 Å². The number of carbonyl (C=O) groups is 2. The molecule has 0 heterocycles. The van der Waals surface area contributed by atoms with E-state index < -0.39 is 17.6 Å². The summed E-state index contributed by atoms with van der Waals surface area (Å²) in [5.74, 6) is -1.03. The van der Waals surface area contributed by atoms with E-state index in [1.165, 1.54) is 37.5 Å². The molecule has 29 heavy (non-hydrogen) atoms. The smallest absolute Gasteiger partial charge is 0.344 e. The topological polar surface area (TPSA) is 52.6 Å². The molecule has 0 unspecified atom stereocenters. The van der Waals surface area contributed by atoms with E-state index in [9.17, 15) is 14.0 Å². The van der Waals surface area contributed by atoms with E-state index >= 15 is 0 Å². The number of allylic oxidation sites excluding steroid dienone is 1. The third kappa shape index (κ3) is 4.97. The van der Waals surface area contributed by atoms with Crippen molar-refractivity contribution in [2.45, 2.75) is 0 Å². The summed E-state index contributed by atoms with van der Waals surface area (Å²) < 4.78 is 25.0. The minimum Gasteiger partial charge on any atom is -0.497 e. The van der Waals surface area contributed by atoms with E-state index in [1.807, 2.05) is 0 Å². The number of ketones is 1. The van der Waals surface area contributed by atoms with Crippen molar-refractivity contribution < 1.29 is 23.5 Å². The zero-order chi connectivity index (χ0) is 20.8. The molecule has 0 bridgehead atoms. The second-order valence-electron chi connectivity index (χ2n) is 5.95. The van der Waals surface area contributed by atoms with Crippen LogP contribution in [-0.4, -0.2) is 18.9 Å². The van der Waals surface area contributed by atoms with Crippen molar-refractivity contribution in [2.75, 3.05) is 7.11 Å². The summed E-state index contributed by atoms with van der Waals surface area (Å²) in [6.45, 7) is 0. The number of hydrogen-bond donors (Lipinski definition) is 0. The SMILES string of the molecule is COc1ccc(C(=O)C=Cc2ccccc2F)c(OC(=O)c2ccccc2Br)c1. The fourth-order valence-electron chi connectivity index (χ4n) is 2.56. The number of esters is 1. The maximum absolute atomic E-state index is 13.8. The summed E-state index contributed by atoms with van der Waals surface area (Å²) in [5.41, 5.74) is 0.746. The molecule has 0 radical (unpaired) electrons. The average molecular weight is 455 g/mol. The Labute approximate surface area is 175 Å². The number of methoxy groups -OCH3 is 1. The molecule has 4 nitrogen and oxygen atoms in total. The molecule has 3 aromatic rings. The van der Waals surface area contributed by atoms with E-state index in [0.717, 1.165) is 0 Å². The standard InChI is InChI=1S/C23H16BrFO4/c1-28-16-11-12-18(21(26)13-10-15-6-2-5-9-20(15)25)22(14-16)29-23(27)17-7-3-4-8-19(17)24/h2-14H,1H3. The second-order valence-corrected chi connectivity index (χ2v) is 6.80. The molecule has 0 amide bonds. The van der Waals surface area contributed by atoms with Crippen molar-refractivity contribution in [1.82, 2.24) is 0 Å². The van der Waals surface area contributed by atoms with Crippen molar-refractivity contribution >= 4 is 33.8 Å². The largest absolute Gasteiger partial charge is 0.497 e.